The summed E-state index contributed by atoms with van der Waals surface area (Å²) in [6, 6.07) is 13.9. The summed E-state index contributed by atoms with van der Waals surface area (Å²) in [5, 5.41) is 2.83. The molecule has 0 radical (unpaired) electrons. The van der Waals surface area contributed by atoms with Crippen molar-refractivity contribution < 1.29 is 9.53 Å². The van der Waals surface area contributed by atoms with Crippen LogP contribution < -0.4 is 15.0 Å². The highest BCUT2D eigenvalue weighted by Crippen LogP contribution is 2.28. The summed E-state index contributed by atoms with van der Waals surface area (Å²) < 4.78 is 5.80. The third kappa shape index (κ3) is 4.76. The maximum absolute atomic E-state index is 11.3. The number of benzene rings is 1. The van der Waals surface area contributed by atoms with Gasteiger partial charge >= 0.3 is 0 Å². The number of amides is 1. The fourth-order valence-corrected chi connectivity index (χ4v) is 3.46. The van der Waals surface area contributed by atoms with Gasteiger partial charge in [0.05, 0.1) is 11.8 Å². The third-order valence-corrected chi connectivity index (χ3v) is 5.03. The van der Waals surface area contributed by atoms with E-state index in [0.29, 0.717) is 6.61 Å². The minimum absolute atomic E-state index is 0.0213. The van der Waals surface area contributed by atoms with Crippen molar-refractivity contribution in [3.63, 3.8) is 0 Å². The molecule has 1 saturated heterocycles. The van der Waals surface area contributed by atoms with Crippen LogP contribution in [0.15, 0.2) is 60.9 Å². The van der Waals surface area contributed by atoms with Crippen LogP contribution in [0.25, 0.3) is 0 Å². The van der Waals surface area contributed by atoms with Crippen molar-refractivity contribution in [3.05, 3.63) is 66.5 Å². The van der Waals surface area contributed by atoms with Gasteiger partial charge in [-0.2, -0.15) is 0 Å². The Morgan fingerprint density at radius 3 is 2.72 bits per heavy atom. The first-order valence-corrected chi connectivity index (χ1v) is 9.00. The van der Waals surface area contributed by atoms with E-state index in [0.717, 1.165) is 35.8 Å². The van der Waals surface area contributed by atoms with E-state index >= 15 is 0 Å². The zero-order valence-electron chi connectivity index (χ0n) is 14.1. The van der Waals surface area contributed by atoms with Crippen molar-refractivity contribution >= 4 is 22.8 Å². The van der Waals surface area contributed by atoms with Gasteiger partial charge in [0.15, 0.2) is 0 Å². The highest BCUT2D eigenvalue weighted by molar-refractivity contribution is 8.14. The second-order valence-corrected chi connectivity index (χ2v) is 7.03. The second-order valence-electron chi connectivity index (χ2n) is 5.85. The number of anilines is 1. The molecular formula is C19H21N3O2S. The van der Waals surface area contributed by atoms with Gasteiger partial charge in [-0.1, -0.05) is 36.5 Å². The number of nitrogens with zero attached hydrogens (tertiary/aromatic N) is 2. The number of carbonyl (C=O) groups is 1. The average Bonchev–Trinajstić information content (AvgIpc) is 2.94. The lowest BCUT2D eigenvalue weighted by molar-refractivity contribution is 0.263. The van der Waals surface area contributed by atoms with Crippen LogP contribution in [0.1, 0.15) is 5.56 Å². The SMILES string of the molecule is C=C1NC(=O)SC1Cc1ccc(OCCN(C)c2ccccn2)cc1. The van der Waals surface area contributed by atoms with Gasteiger partial charge in [-0.25, -0.2) is 4.98 Å². The van der Waals surface area contributed by atoms with Gasteiger partial charge < -0.3 is 15.0 Å². The summed E-state index contributed by atoms with van der Waals surface area (Å²) in [6.07, 6.45) is 2.57. The number of pyridine rings is 1. The minimum Gasteiger partial charge on any atom is -0.492 e. The zero-order valence-corrected chi connectivity index (χ0v) is 15.0. The molecule has 0 aliphatic carbocycles. The Balaban J connectivity index is 1.46. The lowest BCUT2D eigenvalue weighted by Gasteiger charge is -2.18. The third-order valence-electron chi connectivity index (χ3n) is 3.98. The molecule has 1 fully saturated rings. The summed E-state index contributed by atoms with van der Waals surface area (Å²) in [4.78, 5) is 17.7. The molecule has 25 heavy (non-hydrogen) atoms. The van der Waals surface area contributed by atoms with Gasteiger partial charge in [0.25, 0.3) is 5.24 Å². The normalized spacial score (nSPS) is 16.6. The van der Waals surface area contributed by atoms with Gasteiger partial charge in [-0.05, 0) is 36.2 Å². The van der Waals surface area contributed by atoms with Crippen molar-refractivity contribution in [2.75, 3.05) is 25.1 Å². The maximum atomic E-state index is 11.3. The van der Waals surface area contributed by atoms with E-state index in [9.17, 15) is 4.79 Å². The summed E-state index contributed by atoms with van der Waals surface area (Å²) in [7, 11) is 2.00. The summed E-state index contributed by atoms with van der Waals surface area (Å²) in [5.74, 6) is 1.77. The van der Waals surface area contributed by atoms with Crippen LogP contribution in [0, 0.1) is 0 Å². The van der Waals surface area contributed by atoms with E-state index in [-0.39, 0.29) is 10.5 Å². The number of rotatable bonds is 7. The number of ether oxygens (including phenoxy) is 1. The predicted molar refractivity (Wildman–Crippen MR) is 102 cm³/mol. The Morgan fingerprint density at radius 2 is 2.08 bits per heavy atom. The average molecular weight is 355 g/mol. The summed E-state index contributed by atoms with van der Waals surface area (Å²) in [5.41, 5.74) is 1.95. The summed E-state index contributed by atoms with van der Waals surface area (Å²) >= 11 is 1.30. The topological polar surface area (TPSA) is 54.5 Å². The van der Waals surface area contributed by atoms with Crippen molar-refractivity contribution in [1.82, 2.24) is 10.3 Å². The molecule has 1 unspecified atom stereocenters. The number of carbonyl (C=O) groups excluding carboxylic acids is 1. The molecule has 1 aromatic carbocycles. The highest BCUT2D eigenvalue weighted by atomic mass is 32.2. The lowest BCUT2D eigenvalue weighted by Crippen LogP contribution is -2.24. The molecule has 6 heteroatoms. The molecule has 1 aliphatic rings. The molecular weight excluding hydrogens is 334 g/mol. The predicted octanol–water partition coefficient (Wildman–Crippen LogP) is 3.48. The van der Waals surface area contributed by atoms with Gasteiger partial charge in [-0.15, -0.1) is 0 Å². The summed E-state index contributed by atoms with van der Waals surface area (Å²) in [6.45, 7) is 5.23. The molecule has 1 amide bonds. The fraction of sp³-hybridized carbons (Fsp3) is 0.263. The van der Waals surface area contributed by atoms with E-state index in [1.165, 1.54) is 11.8 Å². The lowest BCUT2D eigenvalue weighted by atomic mass is 10.1. The molecule has 0 saturated carbocycles. The van der Waals surface area contributed by atoms with Crippen LogP contribution in [-0.4, -0.2) is 35.7 Å². The molecule has 1 atom stereocenters. The first kappa shape index (κ1) is 17.4. The highest BCUT2D eigenvalue weighted by Gasteiger charge is 2.26. The van der Waals surface area contributed by atoms with Gasteiger partial charge in [0.2, 0.25) is 0 Å². The minimum atomic E-state index is -0.0213. The molecule has 3 rings (SSSR count). The Bertz CT molecular complexity index is 734. The van der Waals surface area contributed by atoms with Crippen LogP contribution in [0.2, 0.25) is 0 Å². The van der Waals surface area contributed by atoms with Crippen LogP contribution in [0.4, 0.5) is 10.6 Å². The first-order chi connectivity index (χ1) is 12.1. The maximum Gasteiger partial charge on any atom is 0.283 e. The van der Waals surface area contributed by atoms with Crippen LogP contribution in [-0.2, 0) is 6.42 Å². The fourth-order valence-electron chi connectivity index (χ4n) is 2.54. The Labute approximate surface area is 152 Å². The van der Waals surface area contributed by atoms with E-state index in [1.807, 2.05) is 49.5 Å². The van der Waals surface area contributed by atoms with Crippen molar-refractivity contribution in [2.24, 2.45) is 0 Å². The molecule has 130 valence electrons. The van der Waals surface area contributed by atoms with Crippen molar-refractivity contribution in [3.8, 4) is 5.75 Å². The molecule has 1 N–H and O–H groups in total. The Kier molecular flexibility index (Phi) is 5.60. The largest absolute Gasteiger partial charge is 0.492 e. The molecule has 2 aromatic rings. The quantitative estimate of drug-likeness (QED) is 0.824. The Morgan fingerprint density at radius 1 is 1.28 bits per heavy atom. The van der Waals surface area contributed by atoms with Gasteiger partial charge in [0, 0.05) is 18.9 Å². The molecule has 5 nitrogen and oxygen atoms in total. The van der Waals surface area contributed by atoms with Gasteiger partial charge in [-0.3, -0.25) is 4.79 Å². The Hall–Kier alpha value is -2.47. The number of nitrogens with one attached hydrogen (secondary N) is 1. The van der Waals surface area contributed by atoms with Crippen LogP contribution in [0.3, 0.4) is 0 Å². The monoisotopic (exact) mass is 355 g/mol. The van der Waals surface area contributed by atoms with Crippen molar-refractivity contribution in [2.45, 2.75) is 11.7 Å². The molecule has 1 aliphatic heterocycles. The van der Waals surface area contributed by atoms with E-state index in [2.05, 4.69) is 21.8 Å². The molecule has 0 spiro atoms. The second kappa shape index (κ2) is 8.07. The smallest absolute Gasteiger partial charge is 0.283 e. The standard InChI is InChI=1S/C19H21N3O2S/c1-14-17(25-19(23)21-14)13-15-6-8-16(9-7-15)24-12-11-22(2)18-5-3-4-10-20-18/h3-10,17H,1,11-13H2,2H3,(H,21,23). The first-order valence-electron chi connectivity index (χ1n) is 8.12. The molecule has 1 aromatic heterocycles. The number of aromatic nitrogens is 1. The van der Waals surface area contributed by atoms with Crippen molar-refractivity contribution in [1.29, 1.82) is 0 Å². The zero-order chi connectivity index (χ0) is 17.6. The number of hydrogen-bond acceptors (Lipinski definition) is 5. The van der Waals surface area contributed by atoms with Gasteiger partial charge in [0.1, 0.15) is 18.2 Å². The van der Waals surface area contributed by atoms with Crippen LogP contribution >= 0.6 is 11.8 Å². The van der Waals surface area contributed by atoms with E-state index in [4.69, 9.17) is 4.74 Å². The molecule has 2 heterocycles. The van der Waals surface area contributed by atoms with E-state index in [1.54, 1.807) is 6.20 Å². The number of thioether (sulfide) groups is 1. The number of hydrogen-bond donors (Lipinski definition) is 1. The number of likely N-dealkylation sites (N-methyl/N-ethyl adjacent to an activating group) is 1. The molecule has 0 bridgehead atoms. The van der Waals surface area contributed by atoms with Crippen LogP contribution in [0.5, 0.6) is 5.75 Å². The van der Waals surface area contributed by atoms with E-state index < -0.39 is 0 Å².